The Morgan fingerprint density at radius 1 is 0.485 bits per heavy atom. The van der Waals surface area contributed by atoms with Crippen molar-refractivity contribution in [2.75, 3.05) is 26.4 Å². The van der Waals surface area contributed by atoms with Crippen molar-refractivity contribution in [1.82, 2.24) is 0 Å². The average Bonchev–Trinajstić information content (AvgIpc) is 3.29. The van der Waals surface area contributed by atoms with E-state index in [1.54, 1.807) is 0 Å². The highest BCUT2D eigenvalue weighted by Crippen LogP contribution is 2.36. The van der Waals surface area contributed by atoms with Crippen LogP contribution < -0.4 is 0 Å². The number of hydrogen-bond acceptors (Lipinski definition) is 23. The molecular weight excluding hydrogens is 884 g/mol. The van der Waals surface area contributed by atoms with E-state index in [-0.39, 0.29) is 13.2 Å². The molecule has 20 atom stereocenters. The summed E-state index contributed by atoms with van der Waals surface area (Å²) in [6, 6.07) is 7.43. The fourth-order valence-electron chi connectivity index (χ4n) is 7.32. The van der Waals surface area contributed by atoms with Gasteiger partial charge in [0.05, 0.1) is 39.1 Å². The van der Waals surface area contributed by atoms with E-state index in [9.17, 15) is 40.9 Å². The second-order valence-corrected chi connectivity index (χ2v) is 17.4. The lowest BCUT2D eigenvalue weighted by Crippen LogP contribution is -2.62. The van der Waals surface area contributed by atoms with Crippen LogP contribution in [-0.4, -0.2) is 241 Å². The number of ether oxygens (including phenoxy) is 5. The van der Waals surface area contributed by atoms with Gasteiger partial charge in [0.2, 0.25) is 0 Å². The predicted molar refractivity (Wildman–Crippen MR) is 225 cm³/mol. The molecule has 4 fully saturated rings. The summed E-state index contributed by atoms with van der Waals surface area (Å²) in [5.74, 6) is 0.598. The first kappa shape index (κ1) is 57.8. The van der Waals surface area contributed by atoms with Gasteiger partial charge in [-0.3, -0.25) is 0 Å². The molecule has 4 heterocycles. The molecule has 0 amide bonds. The minimum Gasteiger partial charge on any atom is -0.394 e. The van der Waals surface area contributed by atoms with Gasteiger partial charge in [0, 0.05) is 0 Å². The maximum absolute atomic E-state index is 10.4. The lowest BCUT2D eigenvalue weighted by Gasteiger charge is -2.46. The van der Waals surface area contributed by atoms with Crippen LogP contribution >= 0.6 is 0 Å². The molecule has 380 valence electrons. The second kappa shape index (κ2) is 26.5. The van der Waals surface area contributed by atoms with Crippen LogP contribution in [0, 0.1) is 11.3 Å². The Balaban J connectivity index is 0.000000290. The lowest BCUT2D eigenvalue weighted by atomic mass is 9.75. The van der Waals surface area contributed by atoms with Crippen molar-refractivity contribution in [2.45, 2.75) is 156 Å². The van der Waals surface area contributed by atoms with E-state index in [1.807, 2.05) is 50.3 Å². The van der Waals surface area contributed by atoms with Crippen LogP contribution in [0.2, 0.25) is 0 Å². The summed E-state index contributed by atoms with van der Waals surface area (Å²) >= 11 is 0. The van der Waals surface area contributed by atoms with Crippen LogP contribution in [-0.2, 0) is 36.7 Å². The molecule has 23 heteroatoms. The van der Waals surface area contributed by atoms with E-state index in [0.717, 1.165) is 16.7 Å². The molecule has 1 aromatic rings. The highest BCUT2D eigenvalue weighted by molar-refractivity contribution is 5.32. The summed E-state index contributed by atoms with van der Waals surface area (Å²) in [5.41, 5.74) is 2.22. The molecule has 0 radical (unpaired) electrons. The minimum absolute atomic E-state index is 0.103. The molecule has 23 nitrogen and oxygen atoms in total. The molecule has 0 bridgehead atoms. The molecule has 1 aliphatic carbocycles. The van der Waals surface area contributed by atoms with E-state index in [4.69, 9.17) is 65.3 Å². The fraction of sp³-hybridized carbons (Fsp3) is 0.721. The van der Waals surface area contributed by atoms with Gasteiger partial charge in [-0.1, -0.05) is 75.9 Å². The average molecular weight is 955 g/mol. The van der Waals surface area contributed by atoms with Crippen LogP contribution in [0.3, 0.4) is 0 Å². The van der Waals surface area contributed by atoms with Crippen LogP contribution in [0.25, 0.3) is 0 Å². The van der Waals surface area contributed by atoms with Gasteiger partial charge in [-0.25, -0.2) is 0 Å². The number of aliphatic hydroxyl groups is 18. The first-order chi connectivity index (χ1) is 30.9. The molecule has 4 saturated heterocycles. The molecule has 1 aromatic carbocycles. The summed E-state index contributed by atoms with van der Waals surface area (Å²) in [7, 11) is 0. The summed E-state index contributed by atoms with van der Waals surface area (Å²) < 4.78 is 25.5. The van der Waals surface area contributed by atoms with Gasteiger partial charge in [-0.2, -0.15) is 0 Å². The van der Waals surface area contributed by atoms with E-state index in [2.05, 4.69) is 35.1 Å². The van der Waals surface area contributed by atoms with Crippen molar-refractivity contribution in [3.05, 3.63) is 71.8 Å². The van der Waals surface area contributed by atoms with E-state index >= 15 is 0 Å². The molecule has 0 saturated carbocycles. The number of allylic oxidation sites excluding steroid dienone is 5. The SMILES string of the molecule is C=C1C=CC(C)C=C1.CC(C)(Cc1ccc(COCC2OC(O)C(O)[C@@H](O)[C@@H]2O)cc1)[C@H]1OC(CO)[C@@H](O)[C@H](O)C1O.OCC1OC(O)C(O)[C@@H](O)[C@@H]1O.OCC1O[C@@H](O)C(O)[C@@H](O)[C@@H]1O. The van der Waals surface area contributed by atoms with Crippen molar-refractivity contribution in [2.24, 2.45) is 11.3 Å². The van der Waals surface area contributed by atoms with Crippen LogP contribution in [0.15, 0.2) is 60.7 Å². The van der Waals surface area contributed by atoms with Gasteiger partial charge >= 0.3 is 0 Å². The van der Waals surface area contributed by atoms with Crippen LogP contribution in [0.1, 0.15) is 31.9 Å². The van der Waals surface area contributed by atoms with Gasteiger partial charge in [-0.15, -0.1) is 0 Å². The number of hydrogen-bond donors (Lipinski definition) is 18. The number of aliphatic hydroxyl groups excluding tert-OH is 18. The van der Waals surface area contributed by atoms with Gasteiger partial charge in [0.15, 0.2) is 18.9 Å². The van der Waals surface area contributed by atoms with Crippen molar-refractivity contribution in [1.29, 1.82) is 0 Å². The quantitative estimate of drug-likeness (QED) is 0.104. The Morgan fingerprint density at radius 2 is 0.833 bits per heavy atom. The van der Waals surface area contributed by atoms with Crippen molar-refractivity contribution in [3.8, 4) is 0 Å². The Morgan fingerprint density at radius 3 is 1.23 bits per heavy atom. The van der Waals surface area contributed by atoms with Crippen molar-refractivity contribution >= 4 is 0 Å². The molecule has 18 N–H and O–H groups in total. The highest BCUT2D eigenvalue weighted by Gasteiger charge is 2.49. The topological polar surface area (TPSA) is 410 Å². The zero-order valence-electron chi connectivity index (χ0n) is 36.8. The monoisotopic (exact) mass is 954 g/mol. The summed E-state index contributed by atoms with van der Waals surface area (Å²) in [4.78, 5) is 0. The molecule has 10 unspecified atom stereocenters. The maximum Gasteiger partial charge on any atom is 0.184 e. The molecule has 0 spiro atoms. The molecule has 5 aliphatic rings. The van der Waals surface area contributed by atoms with Crippen molar-refractivity contribution < 1.29 is 116 Å². The normalized spacial score (nSPS) is 40.5. The Hall–Kier alpha value is -2.48. The van der Waals surface area contributed by atoms with Crippen LogP contribution in [0.5, 0.6) is 0 Å². The van der Waals surface area contributed by atoms with Crippen molar-refractivity contribution in [3.63, 3.8) is 0 Å². The molecule has 4 aliphatic heterocycles. The summed E-state index contributed by atoms with van der Waals surface area (Å²) in [6.45, 7) is 8.21. The Bertz CT molecular complexity index is 1570. The number of rotatable bonds is 10. The fourth-order valence-corrected chi connectivity index (χ4v) is 7.32. The standard InChI is InChI=1S/C23H36O11.C8H10.2C6H12O6/c1-23(2,21-19(29)17(27)15(25)13(8-24)33-21)7-11-3-5-12(6-4-11)9-32-10-14-16(26)18(28)20(30)22(31)34-14;1-7-3-5-8(2)6-4-7;2*7-1-2-3(8)4(9)5(10)6(11)12-2/h3-6,13-22,24-31H,7-10H2,1-2H3;3-6,8H,1H2,2H3;2*2-11H,1H2/t13?,14?,15-,16-,17+,18+,19?,20?,21+,22?;;2?,3-,4+,5?,6?;2?,3-,4+,5?,6-/m1.11/s1. The molecule has 66 heavy (non-hydrogen) atoms. The lowest BCUT2D eigenvalue weighted by molar-refractivity contribution is -0.289. The van der Waals surface area contributed by atoms with Gasteiger partial charge in [-0.05, 0) is 34.5 Å². The number of benzene rings is 1. The molecule has 6 rings (SSSR count). The third kappa shape index (κ3) is 15.5. The first-order valence-corrected chi connectivity index (χ1v) is 21.3. The third-order valence-corrected chi connectivity index (χ3v) is 11.5. The van der Waals surface area contributed by atoms with E-state index < -0.39 is 148 Å². The van der Waals surface area contributed by atoms with E-state index in [0.29, 0.717) is 12.3 Å². The third-order valence-electron chi connectivity index (χ3n) is 11.5. The zero-order chi connectivity index (χ0) is 49.8. The maximum atomic E-state index is 10.4. The summed E-state index contributed by atoms with van der Waals surface area (Å²) in [6.07, 6.45) is -18.3. The first-order valence-electron chi connectivity index (χ1n) is 21.3. The molecule has 0 aromatic heterocycles. The van der Waals surface area contributed by atoms with Gasteiger partial charge < -0.3 is 116 Å². The molecular formula is C43H70O23. The van der Waals surface area contributed by atoms with Gasteiger partial charge in [0.1, 0.15) is 97.7 Å². The summed E-state index contributed by atoms with van der Waals surface area (Å²) in [5, 5.41) is 168. The highest BCUT2D eigenvalue weighted by atomic mass is 16.7. The predicted octanol–water partition coefficient (Wildman–Crippen LogP) is -6.72. The largest absolute Gasteiger partial charge is 0.394 e. The van der Waals surface area contributed by atoms with Gasteiger partial charge in [0.25, 0.3) is 0 Å². The second-order valence-electron chi connectivity index (χ2n) is 17.4. The smallest absolute Gasteiger partial charge is 0.184 e. The Labute approximate surface area is 381 Å². The zero-order valence-corrected chi connectivity index (χ0v) is 36.8. The minimum atomic E-state index is -1.61. The van der Waals surface area contributed by atoms with Crippen LogP contribution in [0.4, 0.5) is 0 Å². The Kier molecular flexibility index (Phi) is 23.2. The van der Waals surface area contributed by atoms with E-state index in [1.165, 1.54) is 0 Å².